The molecular formula is C29H17Cl3FN5OS2. The fourth-order valence-corrected chi connectivity index (χ4v) is 6.81. The molecule has 6 rings (SSSR count). The Kier molecular flexibility index (Phi) is 7.72. The monoisotopic (exact) mass is 639 g/mol. The van der Waals surface area contributed by atoms with Gasteiger partial charge in [-0.1, -0.05) is 77.3 Å². The van der Waals surface area contributed by atoms with Gasteiger partial charge in [0.15, 0.2) is 5.82 Å². The summed E-state index contributed by atoms with van der Waals surface area (Å²) in [6, 6.07) is 21.6. The van der Waals surface area contributed by atoms with E-state index in [1.807, 2.05) is 54.6 Å². The number of carbonyl (C=O) groups excluding carboxylic acids is 1. The van der Waals surface area contributed by atoms with E-state index in [1.165, 1.54) is 42.2 Å². The van der Waals surface area contributed by atoms with Crippen molar-refractivity contribution in [1.82, 2.24) is 14.9 Å². The number of hydrogen-bond acceptors (Lipinski definition) is 6. The number of carbonyl (C=O) groups is 1. The van der Waals surface area contributed by atoms with E-state index < -0.39 is 5.82 Å². The number of rotatable bonds is 5. The minimum absolute atomic E-state index is 0.0895. The molecule has 0 saturated heterocycles. The van der Waals surface area contributed by atoms with Gasteiger partial charge in [-0.2, -0.15) is 9.78 Å². The van der Waals surface area contributed by atoms with Gasteiger partial charge in [-0.25, -0.2) is 4.39 Å². The molecule has 2 aromatic heterocycles. The summed E-state index contributed by atoms with van der Waals surface area (Å²) >= 11 is 21.3. The van der Waals surface area contributed by atoms with Crippen LogP contribution in [0.2, 0.25) is 15.1 Å². The Morgan fingerprint density at radius 1 is 0.951 bits per heavy atom. The zero-order valence-electron chi connectivity index (χ0n) is 21.0. The number of halogens is 4. The van der Waals surface area contributed by atoms with Crippen LogP contribution in [0.5, 0.6) is 0 Å². The van der Waals surface area contributed by atoms with Crippen molar-refractivity contribution in [3.63, 3.8) is 0 Å². The van der Waals surface area contributed by atoms with Gasteiger partial charge in [-0.3, -0.25) is 4.79 Å². The Morgan fingerprint density at radius 3 is 2.44 bits per heavy atom. The lowest BCUT2D eigenvalue weighted by Gasteiger charge is -2.18. The molecule has 6 nitrogen and oxygen atoms in total. The van der Waals surface area contributed by atoms with Crippen LogP contribution in [-0.4, -0.2) is 26.5 Å². The highest BCUT2D eigenvalue weighted by Crippen LogP contribution is 2.44. The van der Waals surface area contributed by atoms with Crippen LogP contribution < -0.4 is 5.32 Å². The first-order valence-corrected chi connectivity index (χ1v) is 14.9. The van der Waals surface area contributed by atoms with E-state index in [2.05, 4.69) is 15.5 Å². The van der Waals surface area contributed by atoms with Crippen LogP contribution in [0.1, 0.15) is 18.1 Å². The molecule has 3 heterocycles. The van der Waals surface area contributed by atoms with E-state index in [4.69, 9.17) is 39.9 Å². The normalized spacial score (nSPS) is 13.7. The van der Waals surface area contributed by atoms with Crippen molar-refractivity contribution in [3.05, 3.63) is 110 Å². The van der Waals surface area contributed by atoms with Crippen molar-refractivity contribution in [2.45, 2.75) is 12.1 Å². The molecule has 0 radical (unpaired) electrons. The molecule has 0 bridgehead atoms. The molecule has 0 aliphatic carbocycles. The molecule has 41 heavy (non-hydrogen) atoms. The van der Waals surface area contributed by atoms with E-state index in [9.17, 15) is 9.18 Å². The lowest BCUT2D eigenvalue weighted by atomic mass is 10.1. The second kappa shape index (κ2) is 11.4. The van der Waals surface area contributed by atoms with E-state index in [0.717, 1.165) is 21.6 Å². The molecule has 0 unspecified atom stereocenters. The summed E-state index contributed by atoms with van der Waals surface area (Å²) in [4.78, 5) is 13.3. The Morgan fingerprint density at radius 2 is 1.71 bits per heavy atom. The minimum atomic E-state index is -0.621. The van der Waals surface area contributed by atoms with Crippen LogP contribution in [0, 0.1) is 5.82 Å². The molecule has 204 valence electrons. The third-order valence-corrected chi connectivity index (χ3v) is 8.87. The number of hydrogen-bond donors (Lipinski definition) is 1. The standard InChI is InChI=1S/C29H17Cl3FN5OS2/c1-15(39)34-25-13-19(17-5-3-2-4-6-17)27(41-25)28-35-36-29-38(28)37-26(20-12-23(33)22(32)14-21(20)31)24(40-29)11-16-7-9-18(30)10-8-16/h2-14H,1H3,(H,34,39)/b24-11-. The lowest BCUT2D eigenvalue weighted by molar-refractivity contribution is -0.114. The quantitative estimate of drug-likeness (QED) is 0.195. The number of fused-ring (bicyclic) bond motifs is 1. The van der Waals surface area contributed by atoms with Gasteiger partial charge in [0.25, 0.3) is 0 Å². The lowest BCUT2D eigenvalue weighted by Crippen LogP contribution is -2.13. The molecule has 3 aromatic carbocycles. The predicted molar refractivity (Wildman–Crippen MR) is 167 cm³/mol. The van der Waals surface area contributed by atoms with Crippen LogP contribution in [0.3, 0.4) is 0 Å². The maximum absolute atomic E-state index is 14.7. The second-order valence-corrected chi connectivity index (χ2v) is 12.2. The SMILES string of the molecule is CC(=O)Nc1cc(-c2ccccc2)c(-c2nnc3n2N=C(c2cc(F)c(Cl)cc2Cl)/C(=C/c2ccc(Cl)cc2)S3)s1. The first-order valence-electron chi connectivity index (χ1n) is 12.1. The smallest absolute Gasteiger partial charge is 0.221 e. The summed E-state index contributed by atoms with van der Waals surface area (Å²) in [5.74, 6) is -0.349. The van der Waals surface area contributed by atoms with Gasteiger partial charge in [0.05, 0.1) is 19.9 Å². The van der Waals surface area contributed by atoms with E-state index in [0.29, 0.717) is 37.2 Å². The Balaban J connectivity index is 1.55. The number of aromatic nitrogens is 3. The molecule has 5 aromatic rings. The number of thiophene rings is 1. The molecule has 0 atom stereocenters. The number of benzene rings is 3. The second-order valence-electron chi connectivity index (χ2n) is 8.88. The van der Waals surface area contributed by atoms with Gasteiger partial charge in [0.2, 0.25) is 11.1 Å². The Bertz CT molecular complexity index is 1870. The first-order chi connectivity index (χ1) is 19.8. The van der Waals surface area contributed by atoms with Crippen LogP contribution in [0.4, 0.5) is 9.39 Å². The van der Waals surface area contributed by atoms with Crippen molar-refractivity contribution < 1.29 is 9.18 Å². The maximum atomic E-state index is 14.7. The number of thioether (sulfide) groups is 1. The van der Waals surface area contributed by atoms with Crippen LogP contribution in [0.15, 0.2) is 88.0 Å². The summed E-state index contributed by atoms with van der Waals surface area (Å²) in [5.41, 5.74) is 3.42. The zero-order valence-corrected chi connectivity index (χ0v) is 24.9. The van der Waals surface area contributed by atoms with Crippen molar-refractivity contribution in [1.29, 1.82) is 0 Å². The van der Waals surface area contributed by atoms with Gasteiger partial charge in [0.1, 0.15) is 11.5 Å². The topological polar surface area (TPSA) is 72.2 Å². The molecule has 1 N–H and O–H groups in total. The maximum Gasteiger partial charge on any atom is 0.221 e. The van der Waals surface area contributed by atoms with Crippen molar-refractivity contribution in [2.24, 2.45) is 5.10 Å². The number of amides is 1. The van der Waals surface area contributed by atoms with Gasteiger partial charge in [-0.05, 0) is 59.3 Å². The van der Waals surface area contributed by atoms with Crippen molar-refractivity contribution >= 4 is 80.6 Å². The predicted octanol–water partition coefficient (Wildman–Crippen LogP) is 9.13. The number of anilines is 1. The molecule has 12 heteroatoms. The minimum Gasteiger partial charge on any atom is -0.318 e. The third-order valence-electron chi connectivity index (χ3n) is 6.00. The van der Waals surface area contributed by atoms with Gasteiger partial charge < -0.3 is 5.32 Å². The van der Waals surface area contributed by atoms with Gasteiger partial charge in [-0.15, -0.1) is 21.5 Å². The summed E-state index contributed by atoms with van der Waals surface area (Å²) in [7, 11) is 0. The average molecular weight is 641 g/mol. The van der Waals surface area contributed by atoms with E-state index in [1.54, 1.807) is 16.8 Å². The van der Waals surface area contributed by atoms with Crippen molar-refractivity contribution in [3.8, 4) is 21.8 Å². The average Bonchev–Trinajstić information content (AvgIpc) is 3.55. The summed E-state index contributed by atoms with van der Waals surface area (Å²) in [5, 5.41) is 18.6. The first kappa shape index (κ1) is 27.7. The zero-order chi connectivity index (χ0) is 28.7. The Hall–Kier alpha value is -3.47. The summed E-state index contributed by atoms with van der Waals surface area (Å²) < 4.78 is 16.3. The summed E-state index contributed by atoms with van der Waals surface area (Å²) in [6.45, 7) is 1.46. The number of nitrogens with one attached hydrogen (secondary N) is 1. The van der Waals surface area contributed by atoms with Gasteiger partial charge in [0, 0.05) is 28.0 Å². The number of nitrogens with zero attached hydrogens (tertiary/aromatic N) is 4. The van der Waals surface area contributed by atoms with E-state index in [-0.39, 0.29) is 16.0 Å². The highest BCUT2D eigenvalue weighted by Gasteiger charge is 2.29. The highest BCUT2D eigenvalue weighted by atomic mass is 35.5. The van der Waals surface area contributed by atoms with Crippen LogP contribution in [-0.2, 0) is 4.79 Å². The molecule has 0 fully saturated rings. The molecule has 1 aliphatic heterocycles. The third kappa shape index (κ3) is 5.68. The summed E-state index contributed by atoms with van der Waals surface area (Å²) in [6.07, 6.45) is 1.90. The largest absolute Gasteiger partial charge is 0.318 e. The van der Waals surface area contributed by atoms with Crippen LogP contribution in [0.25, 0.3) is 27.9 Å². The number of allylic oxidation sites excluding steroid dienone is 1. The fraction of sp³-hybridized carbons (Fsp3) is 0.0345. The molecule has 1 amide bonds. The molecular weight excluding hydrogens is 624 g/mol. The Labute approximate surface area is 257 Å². The fourth-order valence-electron chi connectivity index (χ4n) is 4.18. The molecule has 0 spiro atoms. The van der Waals surface area contributed by atoms with Crippen LogP contribution >= 0.6 is 57.9 Å². The molecule has 0 saturated carbocycles. The van der Waals surface area contributed by atoms with Gasteiger partial charge >= 0.3 is 0 Å². The molecule has 1 aliphatic rings. The highest BCUT2D eigenvalue weighted by molar-refractivity contribution is 8.04. The van der Waals surface area contributed by atoms with E-state index >= 15 is 0 Å². The van der Waals surface area contributed by atoms with Crippen molar-refractivity contribution in [2.75, 3.05) is 5.32 Å².